The number of carbonyl (C=O) groups is 3. The Kier molecular flexibility index (Phi) is 9.23. The number of ether oxygens (including phenoxy) is 1. The van der Waals surface area contributed by atoms with Crippen LogP contribution in [0.15, 0.2) is 54.7 Å². The van der Waals surface area contributed by atoms with Gasteiger partial charge in [0.15, 0.2) is 0 Å². The van der Waals surface area contributed by atoms with Crippen molar-refractivity contribution in [3.05, 3.63) is 82.7 Å². The van der Waals surface area contributed by atoms with Gasteiger partial charge in [0.1, 0.15) is 17.2 Å². The summed E-state index contributed by atoms with van der Waals surface area (Å²) >= 11 is 0. The van der Waals surface area contributed by atoms with Gasteiger partial charge in [0, 0.05) is 50.4 Å². The zero-order chi connectivity index (χ0) is 29.6. The summed E-state index contributed by atoms with van der Waals surface area (Å²) in [5, 5.41) is 8.05. The smallest absolute Gasteiger partial charge is 0.416 e. The number of amides is 3. The number of hydrogen-bond donors (Lipinski definition) is 4. The summed E-state index contributed by atoms with van der Waals surface area (Å²) in [6, 6.07) is 12.1. The third-order valence-electron chi connectivity index (χ3n) is 6.67. The highest BCUT2D eigenvalue weighted by Gasteiger charge is 2.32. The van der Waals surface area contributed by atoms with E-state index in [9.17, 15) is 27.6 Å². The molecule has 1 unspecified atom stereocenters. The molecular weight excluding hydrogens is 539 g/mol. The Bertz CT molecular complexity index is 1440. The second kappa shape index (κ2) is 12.8. The van der Waals surface area contributed by atoms with Gasteiger partial charge in [-0.15, -0.1) is 0 Å². The average molecular weight is 570 g/mol. The zero-order valence-electron chi connectivity index (χ0n) is 22.3. The molecule has 1 heterocycles. The molecular formula is C29H30F3N5O4. The molecule has 1 aliphatic carbocycles. The van der Waals surface area contributed by atoms with Gasteiger partial charge in [-0.25, -0.2) is 0 Å². The highest BCUT2D eigenvalue weighted by Crippen LogP contribution is 2.34. The lowest BCUT2D eigenvalue weighted by molar-refractivity contribution is -0.137. The maximum Gasteiger partial charge on any atom is 0.416 e. The van der Waals surface area contributed by atoms with E-state index in [1.54, 1.807) is 12.1 Å². The van der Waals surface area contributed by atoms with Crippen molar-refractivity contribution in [3.8, 4) is 11.5 Å². The van der Waals surface area contributed by atoms with Gasteiger partial charge in [-0.05, 0) is 72.4 Å². The first kappa shape index (κ1) is 29.5. The third-order valence-corrected chi connectivity index (χ3v) is 6.67. The molecule has 216 valence electrons. The number of rotatable bonds is 10. The van der Waals surface area contributed by atoms with Crippen molar-refractivity contribution in [2.24, 2.45) is 11.7 Å². The predicted octanol–water partition coefficient (Wildman–Crippen LogP) is 3.96. The third kappa shape index (κ3) is 8.04. The Morgan fingerprint density at radius 3 is 2.56 bits per heavy atom. The molecule has 41 heavy (non-hydrogen) atoms. The van der Waals surface area contributed by atoms with Gasteiger partial charge in [-0.1, -0.05) is 6.07 Å². The van der Waals surface area contributed by atoms with Crippen molar-refractivity contribution < 1.29 is 32.3 Å². The largest absolute Gasteiger partial charge is 0.457 e. The molecule has 12 heteroatoms. The maximum absolute atomic E-state index is 13.5. The van der Waals surface area contributed by atoms with Crippen LogP contribution in [0.1, 0.15) is 45.6 Å². The van der Waals surface area contributed by atoms with Crippen LogP contribution in [-0.4, -0.2) is 36.3 Å². The molecule has 1 atom stereocenters. The van der Waals surface area contributed by atoms with Crippen LogP contribution >= 0.6 is 0 Å². The highest BCUT2D eigenvalue weighted by molar-refractivity contribution is 5.93. The molecule has 0 saturated heterocycles. The van der Waals surface area contributed by atoms with Crippen LogP contribution in [0.5, 0.6) is 11.5 Å². The molecule has 0 fully saturated rings. The Balaban J connectivity index is 1.45. The minimum Gasteiger partial charge on any atom is -0.457 e. The highest BCUT2D eigenvalue weighted by atomic mass is 19.4. The second-order valence-corrected chi connectivity index (χ2v) is 9.73. The van der Waals surface area contributed by atoms with Crippen molar-refractivity contribution in [2.75, 3.05) is 18.9 Å². The number of benzene rings is 2. The first-order chi connectivity index (χ1) is 19.5. The van der Waals surface area contributed by atoms with E-state index in [0.717, 1.165) is 23.3 Å². The summed E-state index contributed by atoms with van der Waals surface area (Å²) in [7, 11) is 1.51. The Morgan fingerprint density at radius 2 is 1.83 bits per heavy atom. The first-order valence-corrected chi connectivity index (χ1v) is 13.0. The van der Waals surface area contributed by atoms with Crippen LogP contribution in [0.3, 0.4) is 0 Å². The molecule has 5 N–H and O–H groups in total. The van der Waals surface area contributed by atoms with Crippen LogP contribution in [0.2, 0.25) is 0 Å². The number of aromatic nitrogens is 1. The van der Waals surface area contributed by atoms with E-state index in [1.165, 1.54) is 25.4 Å². The fourth-order valence-electron chi connectivity index (χ4n) is 4.60. The molecule has 9 nitrogen and oxygen atoms in total. The molecule has 3 amide bonds. The Labute approximate surface area is 234 Å². The lowest BCUT2D eigenvalue weighted by atomic mass is 9.83. The number of carbonyl (C=O) groups excluding carboxylic acids is 3. The van der Waals surface area contributed by atoms with Gasteiger partial charge in [-0.3, -0.25) is 19.4 Å². The van der Waals surface area contributed by atoms with Gasteiger partial charge in [0.2, 0.25) is 11.8 Å². The van der Waals surface area contributed by atoms with Crippen LogP contribution < -0.4 is 26.4 Å². The second-order valence-electron chi connectivity index (χ2n) is 9.73. The van der Waals surface area contributed by atoms with Gasteiger partial charge in [0.05, 0.1) is 5.56 Å². The number of hydrogen-bond acceptors (Lipinski definition) is 6. The van der Waals surface area contributed by atoms with E-state index in [1.807, 2.05) is 12.1 Å². The van der Waals surface area contributed by atoms with Crippen LogP contribution in [0.25, 0.3) is 0 Å². The summed E-state index contributed by atoms with van der Waals surface area (Å²) < 4.78 is 46.6. The van der Waals surface area contributed by atoms with Gasteiger partial charge in [-0.2, -0.15) is 13.2 Å². The molecule has 4 rings (SSSR count). The summed E-state index contributed by atoms with van der Waals surface area (Å²) in [5.74, 6) is -0.751. The van der Waals surface area contributed by atoms with Gasteiger partial charge in [0.25, 0.3) is 5.91 Å². The van der Waals surface area contributed by atoms with Crippen LogP contribution in [-0.2, 0) is 35.2 Å². The first-order valence-electron chi connectivity index (χ1n) is 13.0. The van der Waals surface area contributed by atoms with Gasteiger partial charge < -0.3 is 26.4 Å². The minimum absolute atomic E-state index is 0.0454. The number of alkyl halides is 3. The molecule has 1 aromatic heterocycles. The molecule has 3 aromatic rings. The van der Waals surface area contributed by atoms with Gasteiger partial charge >= 0.3 is 6.18 Å². The number of anilines is 1. The summed E-state index contributed by atoms with van der Waals surface area (Å²) in [5.41, 5.74) is 6.74. The average Bonchev–Trinajstić information content (AvgIpc) is 2.94. The lowest BCUT2D eigenvalue weighted by Crippen LogP contribution is -2.28. The number of halogens is 3. The number of pyridine rings is 1. The molecule has 0 spiro atoms. The molecule has 0 radical (unpaired) electrons. The fraction of sp³-hybridized carbons (Fsp3) is 0.310. The molecule has 0 aliphatic heterocycles. The zero-order valence-corrected chi connectivity index (χ0v) is 22.3. The fourth-order valence-corrected chi connectivity index (χ4v) is 4.60. The monoisotopic (exact) mass is 569 g/mol. The summed E-state index contributed by atoms with van der Waals surface area (Å²) in [6.45, 7) is 0.290. The summed E-state index contributed by atoms with van der Waals surface area (Å²) in [6.07, 6.45) is -1.52. The van der Waals surface area contributed by atoms with Crippen molar-refractivity contribution in [1.29, 1.82) is 0 Å². The van der Waals surface area contributed by atoms with Crippen molar-refractivity contribution in [1.82, 2.24) is 15.6 Å². The van der Waals surface area contributed by atoms with Crippen LogP contribution in [0, 0.1) is 5.92 Å². The van der Waals surface area contributed by atoms with Crippen LogP contribution in [0.4, 0.5) is 18.9 Å². The molecule has 2 aromatic carbocycles. The van der Waals surface area contributed by atoms with E-state index in [4.69, 9.17) is 10.5 Å². The Hall–Kier alpha value is -4.45. The van der Waals surface area contributed by atoms with Crippen molar-refractivity contribution in [3.63, 3.8) is 0 Å². The molecule has 0 bridgehead atoms. The van der Waals surface area contributed by atoms with Crippen molar-refractivity contribution in [2.45, 2.75) is 38.4 Å². The van der Waals surface area contributed by atoms with E-state index in [-0.39, 0.29) is 42.7 Å². The van der Waals surface area contributed by atoms with Crippen molar-refractivity contribution >= 4 is 23.4 Å². The number of nitrogens with one attached hydrogen (secondary N) is 3. The maximum atomic E-state index is 13.5. The summed E-state index contributed by atoms with van der Waals surface area (Å²) in [4.78, 5) is 39.9. The minimum atomic E-state index is -4.60. The normalized spacial score (nSPS) is 14.6. The SMILES string of the molecule is CNC(=O)c1cc(Oc2ccc3c(c2)CC(C(=O)Nc2cc(CNCCC(N)=O)cc(C(F)(F)F)c2)CC3)ccn1. The topological polar surface area (TPSA) is 135 Å². The predicted molar refractivity (Wildman–Crippen MR) is 145 cm³/mol. The Morgan fingerprint density at radius 1 is 1.05 bits per heavy atom. The number of nitrogens with two attached hydrogens (primary N) is 1. The lowest BCUT2D eigenvalue weighted by Gasteiger charge is -2.25. The number of primary amides is 1. The number of aryl methyl sites for hydroxylation is 1. The van der Waals surface area contributed by atoms with E-state index >= 15 is 0 Å². The standard InChI is InChI=1S/C29H30F3N5O4/c1-34-28(40)25-15-24(6-9-36-25)41-23-5-4-18-2-3-19(12-20(18)13-23)27(39)37-22-11-17(16-35-8-7-26(33)38)10-21(14-22)29(30,31)32/h4-6,9-11,13-15,19,35H,2-3,7-8,12,16H2,1H3,(H2,33,38)(H,34,40)(H,37,39). The van der Waals surface area contributed by atoms with E-state index in [2.05, 4.69) is 20.9 Å². The number of fused-ring (bicyclic) bond motifs is 1. The molecule has 1 aliphatic rings. The number of nitrogens with zero attached hydrogens (tertiary/aromatic N) is 1. The van der Waals surface area contributed by atoms with E-state index in [0.29, 0.717) is 36.3 Å². The quantitative estimate of drug-likeness (QED) is 0.273. The van der Waals surface area contributed by atoms with E-state index < -0.39 is 23.6 Å². The molecule has 0 saturated carbocycles.